The predicted molar refractivity (Wildman–Crippen MR) is 75.7 cm³/mol. The van der Waals surface area contributed by atoms with Crippen LogP contribution in [0.5, 0.6) is 5.75 Å². The molecule has 0 spiro atoms. The van der Waals surface area contributed by atoms with Crippen molar-refractivity contribution in [3.8, 4) is 5.75 Å². The molecule has 2 rings (SSSR count). The zero-order chi connectivity index (χ0) is 16.9. The monoisotopic (exact) mass is 327 g/mol. The molecule has 122 valence electrons. The molecule has 1 N–H and O–H groups in total. The van der Waals surface area contributed by atoms with Gasteiger partial charge in [-0.1, -0.05) is 12.1 Å². The normalized spacial score (nSPS) is 11.1. The maximum Gasteiger partial charge on any atom is 0.416 e. The van der Waals surface area contributed by atoms with Crippen LogP contribution in [0.3, 0.4) is 0 Å². The molecule has 2 aromatic carbocycles. The van der Waals surface area contributed by atoms with Gasteiger partial charge in [-0.15, -0.1) is 0 Å². The topological polar surface area (TPSA) is 38.3 Å². The van der Waals surface area contributed by atoms with E-state index in [4.69, 9.17) is 4.74 Å². The molecular weight excluding hydrogens is 314 g/mol. The van der Waals surface area contributed by atoms with E-state index in [0.29, 0.717) is 0 Å². The smallest absolute Gasteiger partial charge is 0.416 e. The number of nitrogens with one attached hydrogen (secondary N) is 1. The summed E-state index contributed by atoms with van der Waals surface area (Å²) in [6.07, 6.45) is -4.44. The van der Waals surface area contributed by atoms with Crippen molar-refractivity contribution in [1.29, 1.82) is 0 Å². The number of carbonyl (C=O) groups is 1. The molecule has 1 amide bonds. The molecule has 0 aliphatic carbocycles. The largest absolute Gasteiger partial charge is 0.489 e. The van der Waals surface area contributed by atoms with Crippen LogP contribution in [-0.4, -0.2) is 19.1 Å². The van der Waals surface area contributed by atoms with Crippen molar-refractivity contribution in [2.75, 3.05) is 13.2 Å². The lowest BCUT2D eigenvalue weighted by Crippen LogP contribution is -2.28. The molecule has 0 unspecified atom stereocenters. The zero-order valence-electron chi connectivity index (χ0n) is 11.9. The van der Waals surface area contributed by atoms with Gasteiger partial charge in [-0.2, -0.15) is 13.2 Å². The van der Waals surface area contributed by atoms with E-state index in [2.05, 4.69) is 5.32 Å². The number of carbonyl (C=O) groups excluding carboxylic acids is 1. The van der Waals surface area contributed by atoms with Gasteiger partial charge in [-0.3, -0.25) is 4.79 Å². The summed E-state index contributed by atoms with van der Waals surface area (Å²) in [5, 5.41) is 2.48. The number of halogens is 4. The minimum atomic E-state index is -4.44. The second-order valence-corrected chi connectivity index (χ2v) is 4.61. The van der Waals surface area contributed by atoms with Gasteiger partial charge in [-0.25, -0.2) is 4.39 Å². The predicted octanol–water partition coefficient (Wildman–Crippen LogP) is 3.65. The Morgan fingerprint density at radius 3 is 2.30 bits per heavy atom. The first-order valence-corrected chi connectivity index (χ1v) is 6.71. The number of alkyl halides is 3. The second-order valence-electron chi connectivity index (χ2n) is 4.61. The molecular formula is C16H13F4NO2. The quantitative estimate of drug-likeness (QED) is 0.672. The highest BCUT2D eigenvalue weighted by Gasteiger charge is 2.30. The van der Waals surface area contributed by atoms with Gasteiger partial charge in [0.2, 0.25) is 0 Å². The lowest BCUT2D eigenvalue weighted by molar-refractivity contribution is -0.137. The molecule has 0 bridgehead atoms. The molecule has 0 aromatic heterocycles. The Morgan fingerprint density at radius 2 is 1.70 bits per heavy atom. The fourth-order valence-corrected chi connectivity index (χ4v) is 1.80. The third-order valence-electron chi connectivity index (χ3n) is 2.96. The SMILES string of the molecule is O=C(NCCOc1ccccc1F)c1ccc(C(F)(F)F)cc1. The highest BCUT2D eigenvalue weighted by atomic mass is 19.4. The van der Waals surface area contributed by atoms with Crippen LogP contribution in [0.4, 0.5) is 17.6 Å². The maximum absolute atomic E-state index is 13.3. The Bertz CT molecular complexity index is 669. The lowest BCUT2D eigenvalue weighted by atomic mass is 10.1. The number of para-hydroxylation sites is 1. The van der Waals surface area contributed by atoms with E-state index in [9.17, 15) is 22.4 Å². The maximum atomic E-state index is 13.3. The highest BCUT2D eigenvalue weighted by molar-refractivity contribution is 5.94. The van der Waals surface area contributed by atoms with Crippen LogP contribution in [0.25, 0.3) is 0 Å². The van der Waals surface area contributed by atoms with Gasteiger partial charge in [0.1, 0.15) is 6.61 Å². The van der Waals surface area contributed by atoms with E-state index in [1.165, 1.54) is 18.2 Å². The number of amides is 1. The van der Waals surface area contributed by atoms with Crippen LogP contribution in [0.2, 0.25) is 0 Å². The van der Waals surface area contributed by atoms with Gasteiger partial charge in [0, 0.05) is 5.56 Å². The van der Waals surface area contributed by atoms with Crippen LogP contribution >= 0.6 is 0 Å². The Hall–Kier alpha value is -2.57. The number of benzene rings is 2. The molecule has 0 saturated carbocycles. The first-order chi connectivity index (χ1) is 10.9. The number of ether oxygens (including phenoxy) is 1. The van der Waals surface area contributed by atoms with Crippen LogP contribution in [0, 0.1) is 5.82 Å². The Balaban J connectivity index is 1.82. The Kier molecular flexibility index (Phi) is 5.20. The molecule has 0 saturated heterocycles. The van der Waals surface area contributed by atoms with E-state index in [-0.39, 0.29) is 24.5 Å². The van der Waals surface area contributed by atoms with Crippen LogP contribution in [0.15, 0.2) is 48.5 Å². The molecule has 3 nitrogen and oxygen atoms in total. The minimum absolute atomic E-state index is 0.0350. The first-order valence-electron chi connectivity index (χ1n) is 6.71. The Morgan fingerprint density at radius 1 is 1.04 bits per heavy atom. The summed E-state index contributed by atoms with van der Waals surface area (Å²) in [4.78, 5) is 11.8. The zero-order valence-corrected chi connectivity index (χ0v) is 11.9. The van der Waals surface area contributed by atoms with Gasteiger partial charge in [-0.05, 0) is 36.4 Å². The molecule has 0 aliphatic heterocycles. The van der Waals surface area contributed by atoms with Crippen LogP contribution in [-0.2, 0) is 6.18 Å². The fraction of sp³-hybridized carbons (Fsp3) is 0.188. The second kappa shape index (κ2) is 7.13. The Labute approximate surface area is 129 Å². The van der Waals surface area contributed by atoms with Gasteiger partial charge >= 0.3 is 6.18 Å². The van der Waals surface area contributed by atoms with Crippen molar-refractivity contribution in [2.24, 2.45) is 0 Å². The molecule has 0 fully saturated rings. The van der Waals surface area contributed by atoms with Gasteiger partial charge in [0.15, 0.2) is 11.6 Å². The van der Waals surface area contributed by atoms with E-state index >= 15 is 0 Å². The van der Waals surface area contributed by atoms with Crippen molar-refractivity contribution in [3.63, 3.8) is 0 Å². The number of rotatable bonds is 5. The van der Waals surface area contributed by atoms with Crippen molar-refractivity contribution in [2.45, 2.75) is 6.18 Å². The number of hydrogen-bond acceptors (Lipinski definition) is 2. The molecule has 2 aromatic rings. The summed E-state index contributed by atoms with van der Waals surface area (Å²) in [7, 11) is 0. The summed E-state index contributed by atoms with van der Waals surface area (Å²) in [6, 6.07) is 9.69. The standard InChI is InChI=1S/C16H13F4NO2/c17-13-3-1-2-4-14(13)23-10-9-21-15(22)11-5-7-12(8-6-11)16(18,19)20/h1-8H,9-10H2,(H,21,22). The van der Waals surface area contributed by atoms with Gasteiger partial charge < -0.3 is 10.1 Å². The third-order valence-corrected chi connectivity index (χ3v) is 2.96. The van der Waals surface area contributed by atoms with E-state index in [0.717, 1.165) is 24.3 Å². The fourth-order valence-electron chi connectivity index (χ4n) is 1.80. The van der Waals surface area contributed by atoms with Crippen molar-refractivity contribution < 1.29 is 27.1 Å². The van der Waals surface area contributed by atoms with E-state index in [1.807, 2.05) is 0 Å². The third kappa shape index (κ3) is 4.70. The summed E-state index contributed by atoms with van der Waals surface area (Å²) in [5.74, 6) is -0.978. The summed E-state index contributed by atoms with van der Waals surface area (Å²) in [5.41, 5.74) is -0.721. The summed E-state index contributed by atoms with van der Waals surface area (Å²) < 4.78 is 55.7. The highest BCUT2D eigenvalue weighted by Crippen LogP contribution is 2.29. The van der Waals surface area contributed by atoms with Crippen molar-refractivity contribution in [1.82, 2.24) is 5.32 Å². The number of hydrogen-bond donors (Lipinski definition) is 1. The average molecular weight is 327 g/mol. The molecule has 0 aliphatic rings. The van der Waals surface area contributed by atoms with Gasteiger partial charge in [0.25, 0.3) is 5.91 Å². The van der Waals surface area contributed by atoms with Crippen molar-refractivity contribution in [3.05, 3.63) is 65.5 Å². The van der Waals surface area contributed by atoms with Gasteiger partial charge in [0.05, 0.1) is 12.1 Å². The molecule has 0 radical (unpaired) electrons. The summed E-state index contributed by atoms with van der Waals surface area (Å²) >= 11 is 0. The van der Waals surface area contributed by atoms with Crippen LogP contribution < -0.4 is 10.1 Å². The molecule has 0 atom stereocenters. The molecule has 23 heavy (non-hydrogen) atoms. The lowest BCUT2D eigenvalue weighted by Gasteiger charge is -2.09. The van der Waals surface area contributed by atoms with Crippen molar-refractivity contribution >= 4 is 5.91 Å². The molecule has 7 heteroatoms. The summed E-state index contributed by atoms with van der Waals surface area (Å²) in [6.45, 7) is 0.126. The first kappa shape index (κ1) is 16.8. The van der Waals surface area contributed by atoms with E-state index < -0.39 is 23.5 Å². The molecule has 0 heterocycles. The van der Waals surface area contributed by atoms with Crippen LogP contribution in [0.1, 0.15) is 15.9 Å². The average Bonchev–Trinajstić information content (AvgIpc) is 2.52. The minimum Gasteiger partial charge on any atom is -0.489 e. The van der Waals surface area contributed by atoms with E-state index in [1.54, 1.807) is 6.07 Å².